The van der Waals surface area contributed by atoms with Crippen LogP contribution in [0.4, 0.5) is 0 Å². The van der Waals surface area contributed by atoms with E-state index in [9.17, 15) is 0 Å². The molecule has 0 spiro atoms. The molecule has 0 amide bonds. The highest BCUT2D eigenvalue weighted by atomic mass is 28.4. The largest absolute Gasteiger partial charge is 0.402 e. The van der Waals surface area contributed by atoms with Crippen molar-refractivity contribution < 1.29 is 4.43 Å². The second kappa shape index (κ2) is 5.27. The molecule has 0 heterocycles. The van der Waals surface area contributed by atoms with Crippen molar-refractivity contribution >= 4 is 8.32 Å². The number of rotatable bonds is 4. The van der Waals surface area contributed by atoms with Gasteiger partial charge in [0.25, 0.3) is 0 Å². The molecule has 0 bridgehead atoms. The van der Waals surface area contributed by atoms with Gasteiger partial charge in [-0.15, -0.1) is 12.2 Å². The van der Waals surface area contributed by atoms with E-state index in [0.717, 1.165) is 0 Å². The first kappa shape index (κ1) is 16.3. The molecule has 0 aliphatic carbocycles. The summed E-state index contributed by atoms with van der Waals surface area (Å²) < 4.78 is 6.27. The van der Waals surface area contributed by atoms with E-state index in [0.29, 0.717) is 0 Å². The molecule has 0 aromatic heterocycles. The molecule has 2 heteroatoms. The van der Waals surface area contributed by atoms with E-state index in [1.54, 1.807) is 0 Å². The molecule has 0 aliphatic rings. The van der Waals surface area contributed by atoms with Crippen molar-refractivity contribution in [2.45, 2.75) is 58.9 Å². The molecule has 0 aliphatic heterocycles. The Morgan fingerprint density at radius 2 is 1.71 bits per heavy atom. The van der Waals surface area contributed by atoms with Crippen molar-refractivity contribution in [3.63, 3.8) is 0 Å². The highest BCUT2D eigenvalue weighted by molar-refractivity contribution is 6.74. The molecule has 0 N–H and O–H groups in total. The zero-order chi connectivity index (χ0) is 13.9. The molecule has 17 heavy (non-hydrogen) atoms. The van der Waals surface area contributed by atoms with Gasteiger partial charge in [0.05, 0.1) is 0 Å². The molecular weight excluding hydrogens is 224 g/mol. The Kier molecular flexibility index (Phi) is 5.04. The van der Waals surface area contributed by atoms with Crippen LogP contribution in [0, 0.1) is 17.8 Å². The van der Waals surface area contributed by atoms with Crippen LogP contribution in [-0.4, -0.2) is 14.4 Å². The molecule has 1 unspecified atom stereocenters. The fourth-order valence-corrected chi connectivity index (χ4v) is 2.53. The van der Waals surface area contributed by atoms with Crippen LogP contribution in [0.25, 0.3) is 0 Å². The third-order valence-electron chi connectivity index (χ3n) is 3.52. The van der Waals surface area contributed by atoms with Crippen molar-refractivity contribution in [3.05, 3.63) is 18.4 Å². The van der Waals surface area contributed by atoms with Gasteiger partial charge in [-0.1, -0.05) is 47.1 Å². The van der Waals surface area contributed by atoms with Gasteiger partial charge in [-0.05, 0) is 24.2 Å². The van der Waals surface area contributed by atoms with E-state index >= 15 is 0 Å². The topological polar surface area (TPSA) is 9.23 Å². The van der Waals surface area contributed by atoms with Crippen LogP contribution in [0.2, 0.25) is 18.1 Å². The lowest BCUT2D eigenvalue weighted by Crippen LogP contribution is -2.47. The maximum Gasteiger partial charge on any atom is 0.193 e. The Labute approximate surface area is 108 Å². The molecule has 0 radical (unpaired) electrons. The molecule has 0 saturated heterocycles. The fraction of sp³-hybridized carbons (Fsp3) is 0.667. The zero-order valence-corrected chi connectivity index (χ0v) is 13.3. The minimum Gasteiger partial charge on any atom is -0.402 e. The first-order chi connectivity index (χ1) is 7.48. The summed E-state index contributed by atoms with van der Waals surface area (Å²) in [6, 6.07) is 0. The number of hydrogen-bond acceptors (Lipinski definition) is 1. The van der Waals surface area contributed by atoms with E-state index in [1.807, 2.05) is 6.08 Å². The van der Waals surface area contributed by atoms with Crippen molar-refractivity contribution in [3.8, 4) is 12.3 Å². The summed E-state index contributed by atoms with van der Waals surface area (Å²) in [6.07, 6.45) is 7.29. The maximum atomic E-state index is 6.27. The second-order valence-electron chi connectivity index (χ2n) is 6.59. The van der Waals surface area contributed by atoms with Gasteiger partial charge in [0.1, 0.15) is 6.10 Å². The Balaban J connectivity index is 5.11. The summed E-state index contributed by atoms with van der Waals surface area (Å²) >= 11 is 0. The lowest BCUT2D eigenvalue weighted by Gasteiger charge is -2.41. The first-order valence-corrected chi connectivity index (χ1v) is 8.90. The summed E-state index contributed by atoms with van der Waals surface area (Å²) in [4.78, 5) is 0. The third kappa shape index (κ3) is 4.20. The Morgan fingerprint density at radius 3 is 2.00 bits per heavy atom. The van der Waals surface area contributed by atoms with Gasteiger partial charge in [0.2, 0.25) is 0 Å². The summed E-state index contributed by atoms with van der Waals surface area (Å²) in [7, 11) is -1.84. The molecule has 1 atom stereocenters. The highest BCUT2D eigenvalue weighted by Gasteiger charge is 2.41. The van der Waals surface area contributed by atoms with Gasteiger partial charge in [0.15, 0.2) is 8.32 Å². The number of hydrogen-bond donors (Lipinski definition) is 0. The van der Waals surface area contributed by atoms with Gasteiger partial charge >= 0.3 is 0 Å². The van der Waals surface area contributed by atoms with Crippen LogP contribution >= 0.6 is 0 Å². The molecule has 0 fully saturated rings. The molecule has 96 valence electrons. The van der Waals surface area contributed by atoms with Crippen LogP contribution in [0.3, 0.4) is 0 Å². The summed E-state index contributed by atoms with van der Waals surface area (Å²) in [6.45, 7) is 18.8. The van der Waals surface area contributed by atoms with Gasteiger partial charge in [-0.3, -0.25) is 0 Å². The Hall–Kier alpha value is -0.743. The highest BCUT2D eigenvalue weighted by Crippen LogP contribution is 2.39. The minimum atomic E-state index is -1.84. The van der Waals surface area contributed by atoms with Gasteiger partial charge in [-0.2, -0.15) is 0 Å². The van der Waals surface area contributed by atoms with E-state index < -0.39 is 8.32 Å². The van der Waals surface area contributed by atoms with Crippen LogP contribution in [-0.2, 0) is 4.43 Å². The first-order valence-electron chi connectivity index (χ1n) is 5.99. The molecule has 0 saturated carbocycles. The average Bonchev–Trinajstić information content (AvgIpc) is 2.11. The fourth-order valence-electron chi connectivity index (χ4n) is 1.21. The standard InChI is InChI=1S/C15H26OSi/c1-10-12-15(6,7)13(11-2)16-17(8,9)14(3,4)5/h2,12-13H,1H2,3-9H3. The molecule has 0 aromatic carbocycles. The third-order valence-corrected chi connectivity index (χ3v) is 7.96. The van der Waals surface area contributed by atoms with E-state index in [2.05, 4.69) is 65.9 Å². The molecule has 0 aromatic rings. The van der Waals surface area contributed by atoms with Crippen molar-refractivity contribution in [1.82, 2.24) is 0 Å². The maximum absolute atomic E-state index is 6.27. The second-order valence-corrected chi connectivity index (χ2v) is 11.4. The van der Waals surface area contributed by atoms with Crippen LogP contribution < -0.4 is 0 Å². The number of terminal acetylenes is 1. The summed E-state index contributed by atoms with van der Waals surface area (Å²) in [5.41, 5.74) is 2.58. The summed E-state index contributed by atoms with van der Waals surface area (Å²) in [5.74, 6) is 2.77. The normalized spacial score (nSPS) is 14.7. The lowest BCUT2D eigenvalue weighted by molar-refractivity contribution is 0.142. The van der Waals surface area contributed by atoms with Crippen LogP contribution in [0.5, 0.6) is 0 Å². The average molecular weight is 250 g/mol. The molecule has 0 rings (SSSR count). The van der Waals surface area contributed by atoms with Crippen LogP contribution in [0.15, 0.2) is 18.4 Å². The molecular formula is C15H26OSi. The smallest absolute Gasteiger partial charge is 0.193 e. The van der Waals surface area contributed by atoms with E-state index in [1.165, 1.54) is 0 Å². The van der Waals surface area contributed by atoms with Crippen molar-refractivity contribution in [2.24, 2.45) is 5.41 Å². The van der Waals surface area contributed by atoms with E-state index in [4.69, 9.17) is 10.8 Å². The zero-order valence-electron chi connectivity index (χ0n) is 12.3. The van der Waals surface area contributed by atoms with Crippen molar-refractivity contribution in [2.75, 3.05) is 0 Å². The Bertz CT molecular complexity index is 346. The van der Waals surface area contributed by atoms with Gasteiger partial charge in [-0.25, -0.2) is 0 Å². The Morgan fingerprint density at radius 1 is 1.24 bits per heavy atom. The van der Waals surface area contributed by atoms with Gasteiger partial charge in [0, 0.05) is 5.41 Å². The predicted octanol–water partition coefficient (Wildman–Crippen LogP) is 4.38. The van der Waals surface area contributed by atoms with Gasteiger partial charge < -0.3 is 4.43 Å². The molecule has 1 nitrogen and oxygen atoms in total. The quantitative estimate of drug-likeness (QED) is 0.409. The lowest BCUT2D eigenvalue weighted by atomic mass is 9.87. The minimum absolute atomic E-state index is 0.163. The van der Waals surface area contributed by atoms with Crippen molar-refractivity contribution in [1.29, 1.82) is 0 Å². The summed E-state index contributed by atoms with van der Waals surface area (Å²) in [5, 5.41) is 0.163. The predicted molar refractivity (Wildman–Crippen MR) is 78.4 cm³/mol. The monoisotopic (exact) mass is 250 g/mol. The SMILES string of the molecule is C#CC(O[Si](C)(C)C(C)(C)C)C(C)(C)C=C=C. The van der Waals surface area contributed by atoms with E-state index in [-0.39, 0.29) is 16.6 Å². The van der Waals surface area contributed by atoms with Crippen LogP contribution in [0.1, 0.15) is 34.6 Å².